The second-order valence-electron chi connectivity index (χ2n) is 6.55. The van der Waals surface area contributed by atoms with Crippen LogP contribution in [0.15, 0.2) is 52.4 Å². The summed E-state index contributed by atoms with van der Waals surface area (Å²) in [5.41, 5.74) is 4.12. The third-order valence-electron chi connectivity index (χ3n) is 4.39. The molecule has 25 heavy (non-hydrogen) atoms. The van der Waals surface area contributed by atoms with Gasteiger partial charge in [-0.25, -0.2) is 4.98 Å². The SMILES string of the molecule is C=C(C)CSc1nc2c(=O)c3c(sc2n1Cc1ccccc1)CCC3. The number of benzene rings is 1. The number of thioether (sulfide) groups is 1. The molecule has 3 aromatic rings. The lowest BCUT2D eigenvalue weighted by molar-refractivity contribution is 0.735. The third kappa shape index (κ3) is 3.18. The van der Waals surface area contributed by atoms with E-state index in [1.165, 1.54) is 10.4 Å². The van der Waals surface area contributed by atoms with Crippen molar-refractivity contribution in [2.45, 2.75) is 37.9 Å². The van der Waals surface area contributed by atoms with Gasteiger partial charge in [0.2, 0.25) is 5.43 Å². The lowest BCUT2D eigenvalue weighted by atomic mass is 10.2. The van der Waals surface area contributed by atoms with E-state index in [1.54, 1.807) is 23.1 Å². The van der Waals surface area contributed by atoms with E-state index < -0.39 is 0 Å². The molecule has 0 saturated carbocycles. The molecule has 128 valence electrons. The highest BCUT2D eigenvalue weighted by Gasteiger charge is 2.22. The number of nitrogens with zero attached hydrogens (tertiary/aromatic N) is 2. The zero-order valence-corrected chi connectivity index (χ0v) is 15.9. The van der Waals surface area contributed by atoms with Crippen molar-refractivity contribution in [3.8, 4) is 0 Å². The molecule has 1 aliphatic carbocycles. The maximum absolute atomic E-state index is 12.9. The zero-order valence-electron chi connectivity index (χ0n) is 14.2. The fourth-order valence-electron chi connectivity index (χ4n) is 3.20. The van der Waals surface area contributed by atoms with Crippen molar-refractivity contribution in [1.82, 2.24) is 9.55 Å². The van der Waals surface area contributed by atoms with Crippen LogP contribution in [-0.4, -0.2) is 15.3 Å². The average molecular weight is 369 g/mol. The Morgan fingerprint density at radius 1 is 1.32 bits per heavy atom. The number of rotatable bonds is 5. The van der Waals surface area contributed by atoms with Crippen LogP contribution in [0.4, 0.5) is 0 Å². The van der Waals surface area contributed by atoms with Gasteiger partial charge in [-0.05, 0) is 31.7 Å². The summed E-state index contributed by atoms with van der Waals surface area (Å²) < 4.78 is 2.21. The minimum Gasteiger partial charge on any atom is -0.306 e. The van der Waals surface area contributed by atoms with Gasteiger partial charge in [0.15, 0.2) is 5.16 Å². The molecule has 0 aliphatic heterocycles. The van der Waals surface area contributed by atoms with Gasteiger partial charge in [-0.15, -0.1) is 11.3 Å². The van der Waals surface area contributed by atoms with Gasteiger partial charge in [-0.1, -0.05) is 54.2 Å². The van der Waals surface area contributed by atoms with Crippen molar-refractivity contribution in [2.75, 3.05) is 5.75 Å². The number of imidazole rings is 1. The lowest BCUT2D eigenvalue weighted by Gasteiger charge is -2.09. The van der Waals surface area contributed by atoms with E-state index in [0.29, 0.717) is 5.52 Å². The summed E-state index contributed by atoms with van der Waals surface area (Å²) in [6.45, 7) is 6.75. The topological polar surface area (TPSA) is 34.9 Å². The zero-order chi connectivity index (χ0) is 17.4. The first-order valence-corrected chi connectivity index (χ1v) is 10.3. The number of hydrogen-bond acceptors (Lipinski definition) is 4. The largest absolute Gasteiger partial charge is 0.306 e. The summed E-state index contributed by atoms with van der Waals surface area (Å²) >= 11 is 3.42. The molecule has 0 spiro atoms. The van der Waals surface area contributed by atoms with Crippen LogP contribution in [0.5, 0.6) is 0 Å². The highest BCUT2D eigenvalue weighted by Crippen LogP contribution is 2.32. The minimum absolute atomic E-state index is 0.144. The minimum atomic E-state index is 0.144. The van der Waals surface area contributed by atoms with E-state index in [2.05, 4.69) is 35.4 Å². The van der Waals surface area contributed by atoms with Gasteiger partial charge in [0, 0.05) is 16.2 Å². The van der Waals surface area contributed by atoms with Crippen LogP contribution in [0.3, 0.4) is 0 Å². The molecule has 0 bridgehead atoms. The number of hydrogen-bond donors (Lipinski definition) is 0. The molecule has 1 aromatic carbocycles. The van der Waals surface area contributed by atoms with Gasteiger partial charge in [-0.3, -0.25) is 4.79 Å². The van der Waals surface area contributed by atoms with Crippen molar-refractivity contribution >= 4 is 33.4 Å². The van der Waals surface area contributed by atoms with E-state index in [1.807, 2.05) is 13.0 Å². The first kappa shape index (κ1) is 16.6. The van der Waals surface area contributed by atoms with Crippen molar-refractivity contribution in [2.24, 2.45) is 0 Å². The molecule has 1 aliphatic rings. The predicted molar refractivity (Wildman–Crippen MR) is 107 cm³/mol. The molecule has 0 radical (unpaired) electrons. The number of aryl methyl sites for hydroxylation is 1. The maximum Gasteiger partial charge on any atom is 0.211 e. The molecule has 0 N–H and O–H groups in total. The Kier molecular flexibility index (Phi) is 4.52. The first-order chi connectivity index (χ1) is 12.1. The maximum atomic E-state index is 12.9. The fourth-order valence-corrected chi connectivity index (χ4v) is 5.40. The Morgan fingerprint density at radius 3 is 2.88 bits per heavy atom. The fraction of sp³-hybridized carbons (Fsp3) is 0.300. The van der Waals surface area contributed by atoms with E-state index in [9.17, 15) is 4.79 Å². The van der Waals surface area contributed by atoms with Crippen LogP contribution in [-0.2, 0) is 19.4 Å². The quantitative estimate of drug-likeness (QED) is 0.485. The monoisotopic (exact) mass is 368 g/mol. The Morgan fingerprint density at radius 2 is 2.12 bits per heavy atom. The van der Waals surface area contributed by atoms with Gasteiger partial charge in [0.25, 0.3) is 0 Å². The number of aromatic nitrogens is 2. The van der Waals surface area contributed by atoms with E-state index in [0.717, 1.165) is 52.7 Å². The van der Waals surface area contributed by atoms with E-state index in [-0.39, 0.29) is 5.43 Å². The molecule has 5 heteroatoms. The highest BCUT2D eigenvalue weighted by atomic mass is 32.2. The Bertz CT molecular complexity index is 1000. The highest BCUT2D eigenvalue weighted by molar-refractivity contribution is 7.99. The molecule has 2 heterocycles. The average Bonchev–Trinajstić information content (AvgIpc) is 3.20. The summed E-state index contributed by atoms with van der Waals surface area (Å²) in [5, 5.41) is 0.916. The smallest absolute Gasteiger partial charge is 0.211 e. The van der Waals surface area contributed by atoms with Gasteiger partial charge in [0.1, 0.15) is 10.3 Å². The van der Waals surface area contributed by atoms with Crippen molar-refractivity contribution in [3.05, 3.63) is 68.7 Å². The van der Waals surface area contributed by atoms with Gasteiger partial charge >= 0.3 is 0 Å². The standard InChI is InChI=1S/C20H20N2OS2/c1-13(2)12-24-20-21-17-18(23)15-9-6-10-16(15)25-19(17)22(20)11-14-7-4-3-5-8-14/h3-5,7-8H,1,6,9-12H2,2H3. The predicted octanol–water partition coefficient (Wildman–Crippen LogP) is 4.66. The summed E-state index contributed by atoms with van der Waals surface area (Å²) in [6.07, 6.45) is 3.01. The second kappa shape index (κ2) is 6.81. The molecule has 0 saturated heterocycles. The Labute approximate surface area is 155 Å². The molecule has 3 nitrogen and oxygen atoms in total. The van der Waals surface area contributed by atoms with Crippen LogP contribution in [0.1, 0.15) is 29.3 Å². The van der Waals surface area contributed by atoms with Gasteiger partial charge in [0.05, 0.1) is 6.54 Å². The Balaban J connectivity index is 1.86. The van der Waals surface area contributed by atoms with Crippen molar-refractivity contribution in [3.63, 3.8) is 0 Å². The summed E-state index contributed by atoms with van der Waals surface area (Å²) in [7, 11) is 0. The van der Waals surface area contributed by atoms with Gasteiger partial charge in [-0.2, -0.15) is 0 Å². The van der Waals surface area contributed by atoms with Crippen LogP contribution < -0.4 is 5.43 Å². The molecule has 4 rings (SSSR count). The molecule has 0 amide bonds. The molecular formula is C20H20N2OS2. The molecule has 0 unspecified atom stereocenters. The normalized spacial score (nSPS) is 13.3. The summed E-state index contributed by atoms with van der Waals surface area (Å²) in [5.74, 6) is 0.816. The van der Waals surface area contributed by atoms with Crippen LogP contribution >= 0.6 is 23.1 Å². The summed E-state index contributed by atoms with van der Waals surface area (Å²) in [4.78, 5) is 19.9. The van der Waals surface area contributed by atoms with Crippen molar-refractivity contribution < 1.29 is 0 Å². The van der Waals surface area contributed by atoms with E-state index >= 15 is 0 Å². The third-order valence-corrected chi connectivity index (χ3v) is 6.90. The molecular weight excluding hydrogens is 348 g/mol. The van der Waals surface area contributed by atoms with Crippen LogP contribution in [0, 0.1) is 0 Å². The van der Waals surface area contributed by atoms with E-state index in [4.69, 9.17) is 4.98 Å². The number of fused-ring (bicyclic) bond motifs is 2. The second-order valence-corrected chi connectivity index (χ2v) is 8.58. The van der Waals surface area contributed by atoms with Gasteiger partial charge < -0.3 is 4.57 Å². The molecule has 0 atom stereocenters. The van der Waals surface area contributed by atoms with Crippen LogP contribution in [0.25, 0.3) is 10.3 Å². The molecule has 0 fully saturated rings. The molecule has 2 aromatic heterocycles. The summed E-state index contributed by atoms with van der Waals surface area (Å²) in [6, 6.07) is 10.4. The van der Waals surface area contributed by atoms with Crippen molar-refractivity contribution in [1.29, 1.82) is 0 Å². The lowest BCUT2D eigenvalue weighted by Crippen LogP contribution is -2.08. The Hall–Kier alpha value is -1.85. The first-order valence-electron chi connectivity index (χ1n) is 8.49. The van der Waals surface area contributed by atoms with Crippen LogP contribution in [0.2, 0.25) is 0 Å².